The Balaban J connectivity index is 2.19. The fourth-order valence-corrected chi connectivity index (χ4v) is 5.29. The van der Waals surface area contributed by atoms with E-state index in [4.69, 9.17) is 9.97 Å². The maximum Gasteiger partial charge on any atom is 0.132 e. The SMILES string of the molecule is CC(C)c1nc(-c2ccccc2)c2ccc3cccc([Si](C)(C)C)c3c2n1. The second kappa shape index (κ2) is 6.57. The van der Waals surface area contributed by atoms with Crippen molar-refractivity contribution in [3.05, 3.63) is 66.5 Å². The van der Waals surface area contributed by atoms with Crippen molar-refractivity contribution in [1.82, 2.24) is 9.97 Å². The van der Waals surface area contributed by atoms with E-state index in [0.29, 0.717) is 0 Å². The second-order valence-electron chi connectivity index (χ2n) is 8.57. The lowest BCUT2D eigenvalue weighted by molar-refractivity contribution is 0.785. The third-order valence-corrected chi connectivity index (χ3v) is 7.13. The number of rotatable bonds is 3. The van der Waals surface area contributed by atoms with E-state index in [0.717, 1.165) is 28.0 Å². The Morgan fingerprint density at radius 3 is 2.19 bits per heavy atom. The molecular weight excluding hydrogens is 344 g/mol. The third-order valence-electron chi connectivity index (χ3n) is 5.10. The molecule has 4 rings (SSSR count). The summed E-state index contributed by atoms with van der Waals surface area (Å²) in [6, 6.07) is 21.6. The molecule has 0 aliphatic carbocycles. The number of benzene rings is 3. The van der Waals surface area contributed by atoms with Crippen LogP contribution >= 0.6 is 0 Å². The molecule has 0 aliphatic rings. The van der Waals surface area contributed by atoms with Gasteiger partial charge in [0.25, 0.3) is 0 Å². The number of fused-ring (bicyclic) bond motifs is 3. The van der Waals surface area contributed by atoms with Crippen LogP contribution in [0.4, 0.5) is 0 Å². The highest BCUT2D eigenvalue weighted by molar-refractivity contribution is 6.90. The van der Waals surface area contributed by atoms with E-state index in [9.17, 15) is 0 Å². The number of aromatic nitrogens is 2. The molecule has 27 heavy (non-hydrogen) atoms. The maximum absolute atomic E-state index is 5.07. The Hall–Kier alpha value is -2.52. The lowest BCUT2D eigenvalue weighted by Gasteiger charge is -2.21. The van der Waals surface area contributed by atoms with Crippen molar-refractivity contribution in [2.24, 2.45) is 0 Å². The van der Waals surface area contributed by atoms with Crippen LogP contribution in [0.15, 0.2) is 60.7 Å². The summed E-state index contributed by atoms with van der Waals surface area (Å²) in [6.45, 7) is 11.6. The predicted octanol–water partition coefficient (Wildman–Crippen LogP) is 6.12. The molecule has 3 aromatic carbocycles. The molecule has 0 spiro atoms. The first-order valence-electron chi connectivity index (χ1n) is 9.65. The maximum atomic E-state index is 5.07. The van der Waals surface area contributed by atoms with Gasteiger partial charge in [0.2, 0.25) is 0 Å². The summed E-state index contributed by atoms with van der Waals surface area (Å²) >= 11 is 0. The average Bonchev–Trinajstić information content (AvgIpc) is 2.66. The minimum atomic E-state index is -1.52. The highest BCUT2D eigenvalue weighted by Crippen LogP contribution is 2.32. The van der Waals surface area contributed by atoms with Crippen LogP contribution in [0.2, 0.25) is 19.6 Å². The van der Waals surface area contributed by atoms with E-state index in [1.165, 1.54) is 16.0 Å². The number of hydrogen-bond acceptors (Lipinski definition) is 2. The van der Waals surface area contributed by atoms with Crippen molar-refractivity contribution in [2.45, 2.75) is 39.4 Å². The zero-order chi connectivity index (χ0) is 19.2. The molecule has 0 saturated carbocycles. The normalized spacial score (nSPS) is 12.2. The van der Waals surface area contributed by atoms with E-state index in [1.54, 1.807) is 0 Å². The van der Waals surface area contributed by atoms with E-state index in [2.05, 4.69) is 94.2 Å². The summed E-state index contributed by atoms with van der Waals surface area (Å²) in [5, 5.41) is 5.20. The van der Waals surface area contributed by atoms with Crippen LogP contribution in [-0.2, 0) is 0 Å². The van der Waals surface area contributed by atoms with Crippen LogP contribution < -0.4 is 5.19 Å². The largest absolute Gasteiger partial charge is 0.232 e. The number of nitrogens with zero attached hydrogens (tertiary/aromatic N) is 2. The van der Waals surface area contributed by atoms with Crippen LogP contribution in [0.1, 0.15) is 25.6 Å². The summed E-state index contributed by atoms with van der Waals surface area (Å²) < 4.78 is 0. The molecule has 1 heterocycles. The third kappa shape index (κ3) is 3.17. The number of hydrogen-bond donors (Lipinski definition) is 0. The van der Waals surface area contributed by atoms with E-state index < -0.39 is 8.07 Å². The van der Waals surface area contributed by atoms with Gasteiger partial charge in [-0.05, 0) is 11.5 Å². The van der Waals surface area contributed by atoms with Crippen LogP contribution in [0.5, 0.6) is 0 Å². The molecule has 0 amide bonds. The first-order chi connectivity index (χ1) is 12.9. The Morgan fingerprint density at radius 2 is 1.52 bits per heavy atom. The van der Waals surface area contributed by atoms with E-state index in [-0.39, 0.29) is 5.92 Å². The van der Waals surface area contributed by atoms with Gasteiger partial charge in [-0.3, -0.25) is 0 Å². The summed E-state index contributed by atoms with van der Waals surface area (Å²) in [5.41, 5.74) is 3.29. The van der Waals surface area contributed by atoms with Gasteiger partial charge in [-0.25, -0.2) is 9.97 Å². The molecule has 0 fully saturated rings. The van der Waals surface area contributed by atoms with Gasteiger partial charge in [-0.1, -0.05) is 93.3 Å². The first kappa shape index (κ1) is 17.9. The minimum absolute atomic E-state index is 0.283. The lowest BCUT2D eigenvalue weighted by atomic mass is 10.0. The Bertz CT molecular complexity index is 1130. The molecule has 0 bridgehead atoms. The second-order valence-corrected chi connectivity index (χ2v) is 13.6. The van der Waals surface area contributed by atoms with Crippen molar-refractivity contribution in [1.29, 1.82) is 0 Å². The summed E-state index contributed by atoms with van der Waals surface area (Å²) in [7, 11) is -1.52. The molecular formula is C24H26N2Si. The molecule has 4 aromatic rings. The highest BCUT2D eigenvalue weighted by Gasteiger charge is 2.22. The molecule has 3 heteroatoms. The van der Waals surface area contributed by atoms with Gasteiger partial charge in [0.05, 0.1) is 19.3 Å². The Kier molecular flexibility index (Phi) is 4.35. The van der Waals surface area contributed by atoms with Gasteiger partial charge in [0.15, 0.2) is 0 Å². The van der Waals surface area contributed by atoms with Crippen LogP contribution in [0.3, 0.4) is 0 Å². The van der Waals surface area contributed by atoms with Crippen molar-refractivity contribution in [3.63, 3.8) is 0 Å². The summed E-state index contributed by atoms with van der Waals surface area (Å²) in [5.74, 6) is 1.20. The topological polar surface area (TPSA) is 25.8 Å². The summed E-state index contributed by atoms with van der Waals surface area (Å²) in [4.78, 5) is 10.0. The van der Waals surface area contributed by atoms with Gasteiger partial charge >= 0.3 is 0 Å². The van der Waals surface area contributed by atoms with Crippen molar-refractivity contribution in [2.75, 3.05) is 0 Å². The van der Waals surface area contributed by atoms with Crippen molar-refractivity contribution >= 4 is 34.9 Å². The zero-order valence-electron chi connectivity index (χ0n) is 16.7. The Labute approximate surface area is 162 Å². The van der Waals surface area contributed by atoms with Gasteiger partial charge in [0.1, 0.15) is 5.82 Å². The molecule has 0 unspecified atom stereocenters. The molecule has 0 radical (unpaired) electrons. The van der Waals surface area contributed by atoms with Crippen LogP contribution in [0, 0.1) is 0 Å². The van der Waals surface area contributed by atoms with Crippen molar-refractivity contribution < 1.29 is 0 Å². The Morgan fingerprint density at radius 1 is 0.778 bits per heavy atom. The monoisotopic (exact) mass is 370 g/mol. The first-order valence-corrected chi connectivity index (χ1v) is 13.2. The molecule has 0 N–H and O–H groups in total. The smallest absolute Gasteiger partial charge is 0.132 e. The van der Waals surface area contributed by atoms with Crippen LogP contribution in [0.25, 0.3) is 32.9 Å². The van der Waals surface area contributed by atoms with Gasteiger partial charge < -0.3 is 0 Å². The lowest BCUT2D eigenvalue weighted by Crippen LogP contribution is -2.38. The van der Waals surface area contributed by atoms with Crippen molar-refractivity contribution in [3.8, 4) is 11.3 Å². The van der Waals surface area contributed by atoms with E-state index in [1.807, 2.05) is 0 Å². The van der Waals surface area contributed by atoms with Crippen LogP contribution in [-0.4, -0.2) is 18.0 Å². The van der Waals surface area contributed by atoms with Gasteiger partial charge in [-0.2, -0.15) is 0 Å². The molecule has 2 nitrogen and oxygen atoms in total. The molecule has 0 atom stereocenters. The standard InChI is InChI=1S/C24H26N2Si/c1-16(2)24-25-22(18-10-7-6-8-11-18)19-15-14-17-12-9-13-20(27(3,4)5)21(17)23(19)26-24/h6-16H,1-5H3. The molecule has 0 saturated heterocycles. The zero-order valence-corrected chi connectivity index (χ0v) is 17.7. The quantitative estimate of drug-likeness (QED) is 0.321. The van der Waals surface area contributed by atoms with Gasteiger partial charge in [0, 0.05) is 22.3 Å². The highest BCUT2D eigenvalue weighted by atomic mass is 28.3. The van der Waals surface area contributed by atoms with Gasteiger partial charge in [-0.15, -0.1) is 0 Å². The fourth-order valence-electron chi connectivity index (χ4n) is 3.68. The molecule has 0 aliphatic heterocycles. The van der Waals surface area contributed by atoms with E-state index >= 15 is 0 Å². The minimum Gasteiger partial charge on any atom is -0.232 e. The fraction of sp³-hybridized carbons (Fsp3) is 0.250. The summed E-state index contributed by atoms with van der Waals surface area (Å²) in [6.07, 6.45) is 0. The predicted molar refractivity (Wildman–Crippen MR) is 120 cm³/mol. The molecule has 136 valence electrons. The average molecular weight is 371 g/mol. The molecule has 1 aromatic heterocycles.